The predicted octanol–water partition coefficient (Wildman–Crippen LogP) is 4.22. The molecule has 0 spiro atoms. The molecule has 2 nitrogen and oxygen atoms in total. The van der Waals surface area contributed by atoms with Crippen LogP contribution in [0.15, 0.2) is 42.7 Å². The molecule has 0 saturated heterocycles. The van der Waals surface area contributed by atoms with E-state index in [9.17, 15) is 18.0 Å². The van der Waals surface area contributed by atoms with Crippen LogP contribution in [-0.2, 0) is 12.6 Å². The minimum absolute atomic E-state index is 0.0274. The maximum atomic E-state index is 12.9. The third-order valence-corrected chi connectivity index (χ3v) is 3.31. The topological polar surface area (TPSA) is 30.0 Å². The number of halogens is 3. The van der Waals surface area contributed by atoms with Crippen LogP contribution in [0.25, 0.3) is 0 Å². The van der Waals surface area contributed by atoms with E-state index in [0.717, 1.165) is 29.6 Å². The molecule has 0 aliphatic rings. The monoisotopic (exact) mass is 293 g/mol. The second-order valence-electron chi connectivity index (χ2n) is 4.77. The molecule has 110 valence electrons. The number of carbonyl (C=O) groups excluding carboxylic acids is 1. The summed E-state index contributed by atoms with van der Waals surface area (Å²) in [6.07, 6.45) is -2.07. The standard InChI is InChI=1S/C16H14F3NO/c1-11-4-2-3-5-12(11)6-7-15(21)13-10-20-9-8-14(13)16(17,18)19/h2-5,8-10H,6-7H2,1H3. The molecule has 2 rings (SSSR count). The van der Waals surface area contributed by atoms with Gasteiger partial charge in [-0.05, 0) is 30.5 Å². The van der Waals surface area contributed by atoms with Crippen LogP contribution in [0, 0.1) is 6.92 Å². The van der Waals surface area contributed by atoms with E-state index in [1.165, 1.54) is 0 Å². The molecule has 1 aromatic carbocycles. The van der Waals surface area contributed by atoms with Crippen molar-refractivity contribution in [3.8, 4) is 0 Å². The highest BCUT2D eigenvalue weighted by Crippen LogP contribution is 2.32. The van der Waals surface area contributed by atoms with E-state index in [0.29, 0.717) is 6.42 Å². The number of ketones is 1. The van der Waals surface area contributed by atoms with Gasteiger partial charge in [0.2, 0.25) is 0 Å². The van der Waals surface area contributed by atoms with Crippen molar-refractivity contribution < 1.29 is 18.0 Å². The van der Waals surface area contributed by atoms with E-state index in [1.54, 1.807) is 0 Å². The van der Waals surface area contributed by atoms with Gasteiger partial charge in [0.1, 0.15) is 0 Å². The summed E-state index contributed by atoms with van der Waals surface area (Å²) < 4.78 is 38.6. The summed E-state index contributed by atoms with van der Waals surface area (Å²) in [5.74, 6) is -0.543. The molecule has 0 radical (unpaired) electrons. The van der Waals surface area contributed by atoms with E-state index in [-0.39, 0.29) is 12.0 Å². The molecule has 0 bridgehead atoms. The summed E-state index contributed by atoms with van der Waals surface area (Å²) in [7, 11) is 0. The zero-order chi connectivity index (χ0) is 15.5. The van der Waals surface area contributed by atoms with Crippen LogP contribution in [-0.4, -0.2) is 10.8 Å². The molecule has 0 aliphatic carbocycles. The lowest BCUT2D eigenvalue weighted by Gasteiger charge is -2.11. The summed E-state index contributed by atoms with van der Waals surface area (Å²) in [4.78, 5) is 15.7. The van der Waals surface area contributed by atoms with Gasteiger partial charge in [-0.25, -0.2) is 0 Å². The van der Waals surface area contributed by atoms with Crippen LogP contribution in [0.2, 0.25) is 0 Å². The third-order valence-electron chi connectivity index (χ3n) is 3.31. The normalized spacial score (nSPS) is 11.4. The Labute approximate surface area is 120 Å². The average molecular weight is 293 g/mol. The van der Waals surface area contributed by atoms with Gasteiger partial charge >= 0.3 is 6.18 Å². The number of hydrogen-bond acceptors (Lipinski definition) is 2. The molecule has 1 heterocycles. The third kappa shape index (κ3) is 3.68. The summed E-state index contributed by atoms with van der Waals surface area (Å²) in [6, 6.07) is 8.34. The number of nitrogens with zero attached hydrogens (tertiary/aromatic N) is 1. The van der Waals surface area contributed by atoms with Gasteiger partial charge in [0.25, 0.3) is 0 Å². The highest BCUT2D eigenvalue weighted by molar-refractivity contribution is 5.97. The van der Waals surface area contributed by atoms with Gasteiger partial charge in [0, 0.05) is 24.4 Å². The number of rotatable bonds is 4. The lowest BCUT2D eigenvalue weighted by molar-refractivity contribution is -0.138. The van der Waals surface area contributed by atoms with E-state index >= 15 is 0 Å². The molecule has 0 fully saturated rings. The Balaban J connectivity index is 2.17. The van der Waals surface area contributed by atoms with Gasteiger partial charge < -0.3 is 0 Å². The first kappa shape index (κ1) is 15.2. The summed E-state index contributed by atoms with van der Waals surface area (Å²) in [5.41, 5.74) is 0.696. The zero-order valence-corrected chi connectivity index (χ0v) is 11.4. The minimum Gasteiger partial charge on any atom is -0.294 e. The van der Waals surface area contributed by atoms with Gasteiger partial charge in [-0.3, -0.25) is 9.78 Å². The van der Waals surface area contributed by atoms with Crippen molar-refractivity contribution in [2.75, 3.05) is 0 Å². The Morgan fingerprint density at radius 1 is 1.19 bits per heavy atom. The van der Waals surface area contributed by atoms with Gasteiger partial charge in [0.05, 0.1) is 5.56 Å². The second-order valence-corrected chi connectivity index (χ2v) is 4.77. The minimum atomic E-state index is -4.55. The fourth-order valence-electron chi connectivity index (χ4n) is 2.14. The Hall–Kier alpha value is -2.17. The number of aryl methyl sites for hydroxylation is 2. The Kier molecular flexibility index (Phi) is 4.40. The van der Waals surface area contributed by atoms with Crippen molar-refractivity contribution >= 4 is 5.78 Å². The first-order chi connectivity index (χ1) is 9.89. The van der Waals surface area contributed by atoms with Crippen LogP contribution in [0.5, 0.6) is 0 Å². The van der Waals surface area contributed by atoms with E-state index in [4.69, 9.17) is 0 Å². The fourth-order valence-corrected chi connectivity index (χ4v) is 2.14. The molecular formula is C16H14F3NO. The highest BCUT2D eigenvalue weighted by Gasteiger charge is 2.34. The molecule has 1 aromatic heterocycles. The quantitative estimate of drug-likeness (QED) is 0.790. The summed E-state index contributed by atoms with van der Waals surface area (Å²) in [5, 5.41) is 0. The van der Waals surface area contributed by atoms with Gasteiger partial charge in [-0.2, -0.15) is 13.2 Å². The maximum absolute atomic E-state index is 12.9. The van der Waals surface area contributed by atoms with Crippen LogP contribution >= 0.6 is 0 Å². The average Bonchev–Trinajstić information content (AvgIpc) is 2.45. The SMILES string of the molecule is Cc1ccccc1CCC(=O)c1cnccc1C(F)(F)F. The van der Waals surface area contributed by atoms with Gasteiger partial charge in [0.15, 0.2) is 5.78 Å². The number of Topliss-reactive ketones (excluding diaryl/α,β-unsaturated/α-hetero) is 1. The molecule has 5 heteroatoms. The molecule has 0 saturated carbocycles. The molecule has 0 unspecified atom stereocenters. The predicted molar refractivity (Wildman–Crippen MR) is 73.1 cm³/mol. The highest BCUT2D eigenvalue weighted by atomic mass is 19.4. The van der Waals surface area contributed by atoms with Crippen molar-refractivity contribution in [2.24, 2.45) is 0 Å². The first-order valence-electron chi connectivity index (χ1n) is 6.48. The molecule has 0 aliphatic heterocycles. The van der Waals surface area contributed by atoms with Gasteiger partial charge in [-0.15, -0.1) is 0 Å². The van der Waals surface area contributed by atoms with Crippen LogP contribution in [0.4, 0.5) is 13.2 Å². The van der Waals surface area contributed by atoms with Crippen molar-refractivity contribution in [2.45, 2.75) is 25.9 Å². The van der Waals surface area contributed by atoms with Crippen molar-refractivity contribution in [1.82, 2.24) is 4.98 Å². The molecular weight excluding hydrogens is 279 g/mol. The van der Waals surface area contributed by atoms with Crippen molar-refractivity contribution in [3.05, 3.63) is 65.0 Å². The molecule has 2 aromatic rings. The summed E-state index contributed by atoms with van der Waals surface area (Å²) >= 11 is 0. The lowest BCUT2D eigenvalue weighted by atomic mass is 9.98. The van der Waals surface area contributed by atoms with Gasteiger partial charge in [-0.1, -0.05) is 24.3 Å². The van der Waals surface area contributed by atoms with Crippen LogP contribution in [0.3, 0.4) is 0 Å². The van der Waals surface area contributed by atoms with E-state index in [1.807, 2.05) is 31.2 Å². The van der Waals surface area contributed by atoms with E-state index in [2.05, 4.69) is 4.98 Å². The fraction of sp³-hybridized carbons (Fsp3) is 0.250. The summed E-state index contributed by atoms with van der Waals surface area (Å²) in [6.45, 7) is 1.91. The molecule has 0 atom stereocenters. The smallest absolute Gasteiger partial charge is 0.294 e. The maximum Gasteiger partial charge on any atom is 0.417 e. The molecule has 0 N–H and O–H groups in total. The van der Waals surface area contributed by atoms with Crippen LogP contribution < -0.4 is 0 Å². The molecule has 0 amide bonds. The Morgan fingerprint density at radius 2 is 1.90 bits per heavy atom. The van der Waals surface area contributed by atoms with Crippen LogP contribution in [0.1, 0.15) is 33.5 Å². The van der Waals surface area contributed by atoms with Crippen molar-refractivity contribution in [3.63, 3.8) is 0 Å². The number of pyridine rings is 1. The van der Waals surface area contributed by atoms with E-state index < -0.39 is 17.5 Å². The zero-order valence-electron chi connectivity index (χ0n) is 11.4. The Morgan fingerprint density at radius 3 is 2.57 bits per heavy atom. The second kappa shape index (κ2) is 6.08. The lowest BCUT2D eigenvalue weighted by Crippen LogP contribution is -2.14. The number of alkyl halides is 3. The Bertz CT molecular complexity index is 650. The number of hydrogen-bond donors (Lipinski definition) is 0. The number of aromatic nitrogens is 1. The molecule has 21 heavy (non-hydrogen) atoms. The van der Waals surface area contributed by atoms with Crippen molar-refractivity contribution in [1.29, 1.82) is 0 Å². The number of carbonyl (C=O) groups is 1. The number of benzene rings is 1. The largest absolute Gasteiger partial charge is 0.417 e. The first-order valence-corrected chi connectivity index (χ1v) is 6.48.